The van der Waals surface area contributed by atoms with Crippen LogP contribution in [-0.2, 0) is 9.59 Å². The van der Waals surface area contributed by atoms with Crippen molar-refractivity contribution in [2.45, 2.75) is 70.9 Å². The number of allylic oxidation sites excluding steroid dienone is 1. The zero-order valence-electron chi connectivity index (χ0n) is 26.8. The molecule has 4 rings (SSSR count). The van der Waals surface area contributed by atoms with E-state index < -0.39 is 11.4 Å². The van der Waals surface area contributed by atoms with Gasteiger partial charge < -0.3 is 9.47 Å². The highest BCUT2D eigenvalue weighted by Gasteiger charge is 2.23. The van der Waals surface area contributed by atoms with E-state index in [1.54, 1.807) is 47.1 Å². The summed E-state index contributed by atoms with van der Waals surface area (Å²) in [7, 11) is 0. The molecule has 8 heteroatoms. The summed E-state index contributed by atoms with van der Waals surface area (Å²) >= 11 is 6.44. The molecular formula is C38H38O4S4. The fourth-order valence-corrected chi connectivity index (χ4v) is 6.76. The Morgan fingerprint density at radius 2 is 1.07 bits per heavy atom. The van der Waals surface area contributed by atoms with E-state index in [2.05, 4.69) is 68.7 Å². The number of carbonyl (C=O) groups excluding carboxylic acids is 2. The Bertz CT molecular complexity index is 1660. The Labute approximate surface area is 289 Å². The largest absolute Gasteiger partial charge is 0.426 e. The van der Waals surface area contributed by atoms with E-state index in [0.29, 0.717) is 11.5 Å². The first-order chi connectivity index (χ1) is 21.8. The van der Waals surface area contributed by atoms with Crippen molar-refractivity contribution in [3.8, 4) is 11.5 Å². The van der Waals surface area contributed by atoms with Crippen molar-refractivity contribution >= 4 is 59.0 Å². The average molecular weight is 687 g/mol. The number of esters is 2. The van der Waals surface area contributed by atoms with Crippen LogP contribution in [0.1, 0.15) is 41.5 Å². The van der Waals surface area contributed by atoms with Crippen LogP contribution in [-0.4, -0.2) is 11.9 Å². The van der Waals surface area contributed by atoms with Crippen molar-refractivity contribution in [1.82, 2.24) is 0 Å². The van der Waals surface area contributed by atoms with Crippen molar-refractivity contribution in [3.63, 3.8) is 0 Å². The van der Waals surface area contributed by atoms with Gasteiger partial charge in [0.05, 0.1) is 5.41 Å². The third-order valence-corrected chi connectivity index (χ3v) is 9.62. The van der Waals surface area contributed by atoms with E-state index in [-0.39, 0.29) is 11.4 Å². The Morgan fingerprint density at radius 3 is 1.61 bits per heavy atom. The van der Waals surface area contributed by atoms with E-state index in [4.69, 9.17) is 9.47 Å². The maximum atomic E-state index is 12.4. The van der Waals surface area contributed by atoms with Gasteiger partial charge in [0.1, 0.15) is 11.5 Å². The lowest BCUT2D eigenvalue weighted by Gasteiger charge is -2.16. The first kappa shape index (κ1) is 35.6. The van der Waals surface area contributed by atoms with Gasteiger partial charge in [0.25, 0.3) is 0 Å². The van der Waals surface area contributed by atoms with Gasteiger partial charge in [-0.05, 0) is 128 Å². The Morgan fingerprint density at radius 1 is 0.565 bits per heavy atom. The summed E-state index contributed by atoms with van der Waals surface area (Å²) in [5.41, 5.74) is -0.393. The molecule has 0 aliphatic rings. The van der Waals surface area contributed by atoms with E-state index in [1.807, 2.05) is 63.2 Å². The molecular weight excluding hydrogens is 649 g/mol. The summed E-state index contributed by atoms with van der Waals surface area (Å²) in [5.74, 6) is 0.253. The third kappa shape index (κ3) is 12.5. The first-order valence-corrected chi connectivity index (χ1v) is 18.1. The molecule has 4 nitrogen and oxygen atoms in total. The minimum atomic E-state index is -0.576. The van der Waals surface area contributed by atoms with Crippen LogP contribution >= 0.6 is 47.0 Å². The molecule has 0 amide bonds. The standard InChI is InChI=1S/C38H38O4S4/c1-37(2,3)23-25-44-30-16-20-33(21-17-30)45-32-18-14-29(15-19-32)43-24-22-35(39)41-27-10-12-31(13-11-27)46-34-9-7-8-28(26-34)42-36(40)38(4,5)6/h7-26H,1-6H3/b24-22+,25-23+. The quantitative estimate of drug-likeness (QED) is 0.0669. The lowest BCUT2D eigenvalue weighted by molar-refractivity contribution is -0.143. The number of hydrogen-bond acceptors (Lipinski definition) is 8. The zero-order chi connectivity index (χ0) is 33.2. The zero-order valence-corrected chi connectivity index (χ0v) is 30.1. The molecule has 0 bridgehead atoms. The Balaban J connectivity index is 1.21. The molecule has 238 valence electrons. The van der Waals surface area contributed by atoms with Gasteiger partial charge in [0.2, 0.25) is 0 Å². The van der Waals surface area contributed by atoms with Crippen molar-refractivity contribution < 1.29 is 19.1 Å². The van der Waals surface area contributed by atoms with Crippen LogP contribution in [0.3, 0.4) is 0 Å². The number of hydrogen-bond donors (Lipinski definition) is 0. The van der Waals surface area contributed by atoms with Gasteiger partial charge in [-0.25, -0.2) is 4.79 Å². The highest BCUT2D eigenvalue weighted by molar-refractivity contribution is 8.02. The van der Waals surface area contributed by atoms with Gasteiger partial charge in [-0.15, -0.1) is 0 Å². The molecule has 0 spiro atoms. The van der Waals surface area contributed by atoms with Crippen LogP contribution in [0.5, 0.6) is 11.5 Å². The highest BCUT2D eigenvalue weighted by Crippen LogP contribution is 2.33. The van der Waals surface area contributed by atoms with E-state index in [0.717, 1.165) is 19.6 Å². The van der Waals surface area contributed by atoms with Gasteiger partial charge in [-0.1, -0.05) is 80.0 Å². The number of benzene rings is 4. The lowest BCUT2D eigenvalue weighted by Crippen LogP contribution is -2.25. The Kier molecular flexibility index (Phi) is 12.8. The van der Waals surface area contributed by atoms with Crippen LogP contribution in [0, 0.1) is 10.8 Å². The number of rotatable bonds is 11. The fourth-order valence-electron chi connectivity index (χ4n) is 3.52. The number of carbonyl (C=O) groups is 2. The van der Waals surface area contributed by atoms with Crippen molar-refractivity contribution in [3.05, 3.63) is 120 Å². The second kappa shape index (κ2) is 16.5. The molecule has 0 unspecified atom stereocenters. The minimum Gasteiger partial charge on any atom is -0.426 e. The average Bonchev–Trinajstić information content (AvgIpc) is 2.99. The van der Waals surface area contributed by atoms with Gasteiger partial charge in [-0.3, -0.25) is 4.79 Å². The monoisotopic (exact) mass is 686 g/mol. The lowest BCUT2D eigenvalue weighted by atomic mass is 9.97. The second-order valence-electron chi connectivity index (χ2n) is 12.4. The molecule has 4 aromatic rings. The molecule has 4 aromatic carbocycles. The van der Waals surface area contributed by atoms with E-state index in [1.165, 1.54) is 39.4 Å². The molecule has 0 radical (unpaired) electrons. The topological polar surface area (TPSA) is 52.6 Å². The van der Waals surface area contributed by atoms with Crippen LogP contribution in [0.2, 0.25) is 0 Å². The van der Waals surface area contributed by atoms with Crippen LogP contribution < -0.4 is 9.47 Å². The molecule has 0 atom stereocenters. The SMILES string of the molecule is CC(C)(C)/C=C/Sc1ccc(Sc2ccc(S/C=C/C(=O)Oc3ccc(Sc4cccc(OC(=O)C(C)(C)C)c4)cc3)cc2)cc1. The van der Waals surface area contributed by atoms with Crippen molar-refractivity contribution in [1.29, 1.82) is 0 Å². The smallest absolute Gasteiger partial charge is 0.336 e. The summed E-state index contributed by atoms with van der Waals surface area (Å²) in [6.45, 7) is 12.1. The molecule has 46 heavy (non-hydrogen) atoms. The molecule has 0 heterocycles. The van der Waals surface area contributed by atoms with Crippen molar-refractivity contribution in [2.24, 2.45) is 10.8 Å². The van der Waals surface area contributed by atoms with Crippen LogP contribution in [0.15, 0.2) is 149 Å². The van der Waals surface area contributed by atoms with Gasteiger partial charge >= 0.3 is 11.9 Å². The summed E-state index contributed by atoms with van der Waals surface area (Å²) in [6.07, 6.45) is 3.65. The molecule has 0 aliphatic heterocycles. The minimum absolute atomic E-state index is 0.184. The van der Waals surface area contributed by atoms with Crippen LogP contribution in [0.25, 0.3) is 0 Å². The van der Waals surface area contributed by atoms with Crippen molar-refractivity contribution in [2.75, 3.05) is 0 Å². The molecule has 0 aromatic heterocycles. The van der Waals surface area contributed by atoms with Crippen LogP contribution in [0.4, 0.5) is 0 Å². The second-order valence-corrected chi connectivity index (χ2v) is 16.6. The number of thioether (sulfide) groups is 2. The van der Waals surface area contributed by atoms with Gasteiger partial charge in [-0.2, -0.15) is 0 Å². The van der Waals surface area contributed by atoms with Gasteiger partial charge in [0, 0.05) is 35.4 Å². The van der Waals surface area contributed by atoms with E-state index >= 15 is 0 Å². The summed E-state index contributed by atoms with van der Waals surface area (Å²) in [5, 5.41) is 3.89. The third-order valence-electron chi connectivity index (χ3n) is 5.97. The maximum absolute atomic E-state index is 12.4. The normalized spacial score (nSPS) is 12.0. The summed E-state index contributed by atoms with van der Waals surface area (Å²) in [6, 6.07) is 31.6. The highest BCUT2D eigenvalue weighted by atomic mass is 32.2. The predicted molar refractivity (Wildman–Crippen MR) is 194 cm³/mol. The summed E-state index contributed by atoms with van der Waals surface area (Å²) < 4.78 is 11.0. The predicted octanol–water partition coefficient (Wildman–Crippen LogP) is 11.8. The molecule has 0 fully saturated rings. The molecule has 0 saturated heterocycles. The maximum Gasteiger partial charge on any atom is 0.336 e. The van der Waals surface area contributed by atoms with Gasteiger partial charge in [0.15, 0.2) is 0 Å². The Hall–Kier alpha value is -3.30. The molecule has 0 aliphatic carbocycles. The number of ether oxygens (including phenoxy) is 2. The first-order valence-electron chi connectivity index (χ1n) is 14.7. The fraction of sp³-hybridized carbons (Fsp3) is 0.211. The summed E-state index contributed by atoms with van der Waals surface area (Å²) in [4.78, 5) is 31.1. The molecule has 0 N–H and O–H groups in total. The molecule has 0 saturated carbocycles. The van der Waals surface area contributed by atoms with E-state index in [9.17, 15) is 9.59 Å².